The maximum atomic E-state index is 12.1. The molecule has 0 saturated carbocycles. The van der Waals surface area contributed by atoms with Crippen LogP contribution in [0.2, 0.25) is 0 Å². The third-order valence-electron chi connectivity index (χ3n) is 23.8. The van der Waals surface area contributed by atoms with Crippen LogP contribution in [0.15, 0.2) is 269 Å². The van der Waals surface area contributed by atoms with Gasteiger partial charge in [-0.05, 0) is 240 Å². The minimum Gasteiger partial charge on any atom is -0.409 e. The number of ketones is 2. The lowest BCUT2D eigenvalue weighted by atomic mass is 9.81. The van der Waals surface area contributed by atoms with Crippen molar-refractivity contribution in [2.45, 2.75) is 197 Å². The molecule has 0 atom stereocenters. The number of hydrogen-bond acceptors (Lipinski definition) is 27. The smallest absolute Gasteiger partial charge is 0.409 e. The Balaban J connectivity index is 0.000000150. The predicted molar refractivity (Wildman–Crippen MR) is 603 cm³/mol. The van der Waals surface area contributed by atoms with Crippen LogP contribution in [-0.4, -0.2) is 131 Å². The molecule has 18 aromatic rings. The number of nitrogens with two attached hydrogens (primary N) is 4. The van der Waals surface area contributed by atoms with Gasteiger partial charge in [0.2, 0.25) is 35.1 Å². The number of rotatable bonds is 15. The Morgan fingerprint density at radius 1 is 0.443 bits per heavy atom. The first-order valence-electron chi connectivity index (χ1n) is 47.7. The highest BCUT2D eigenvalue weighted by atomic mass is 79.9. The van der Waals surface area contributed by atoms with Crippen LogP contribution < -0.4 is 33.7 Å². The van der Waals surface area contributed by atoms with Gasteiger partial charge in [-0.15, -0.1) is 0 Å². The number of aldehydes is 1. The van der Waals surface area contributed by atoms with Crippen molar-refractivity contribution in [1.29, 1.82) is 10.5 Å². The molecule has 1 saturated heterocycles. The van der Waals surface area contributed by atoms with E-state index < -0.39 is 7.12 Å². The Hall–Kier alpha value is -15.1. The van der Waals surface area contributed by atoms with Gasteiger partial charge >= 0.3 is 7.12 Å². The van der Waals surface area contributed by atoms with Crippen molar-refractivity contribution in [2.24, 2.45) is 10.9 Å². The number of amidine groups is 1. The number of nitrogen functional groups attached to an aromatic ring is 3. The highest BCUT2D eigenvalue weighted by molar-refractivity contribution is 9.11. The Kier molecular flexibility index (Phi) is 34.4. The minimum absolute atomic E-state index is 0.0111. The zero-order valence-electron chi connectivity index (χ0n) is 86.7. The molecule has 19 rings (SSSR count). The zero-order valence-corrected chi connectivity index (χ0v) is 93.1. The Labute approximate surface area is 898 Å². The van der Waals surface area contributed by atoms with Crippen molar-refractivity contribution in [3.8, 4) is 91.6 Å². The van der Waals surface area contributed by atoms with Gasteiger partial charge in [-0.2, -0.15) is 20.5 Å². The van der Waals surface area contributed by atoms with Crippen LogP contribution in [0.5, 0.6) is 0 Å². The van der Waals surface area contributed by atoms with Gasteiger partial charge in [0.15, 0.2) is 12.1 Å². The van der Waals surface area contributed by atoms with E-state index in [-0.39, 0.29) is 80.0 Å². The van der Waals surface area contributed by atoms with E-state index in [0.29, 0.717) is 53.0 Å². The van der Waals surface area contributed by atoms with Crippen LogP contribution in [0, 0.1) is 22.7 Å². The number of oxime groups is 1. The molecule has 1 aliphatic heterocycles. The number of benzene rings is 10. The van der Waals surface area contributed by atoms with E-state index in [1.54, 1.807) is 62.9 Å². The Morgan fingerprint density at radius 2 is 0.792 bits per heavy atom. The van der Waals surface area contributed by atoms with Gasteiger partial charge in [-0.1, -0.05) is 202 Å². The van der Waals surface area contributed by atoms with E-state index in [9.17, 15) is 19.6 Å². The third kappa shape index (κ3) is 26.2. The fourth-order valence-electron chi connectivity index (χ4n) is 16.2. The first-order valence-corrected chi connectivity index (χ1v) is 50.9. The summed E-state index contributed by atoms with van der Waals surface area (Å²) in [6.45, 7) is 43.5. The molecule has 10 N–H and O–H groups in total. The summed E-state index contributed by atoms with van der Waals surface area (Å²) in [5.41, 5.74) is 40.4. The van der Waals surface area contributed by atoms with Crippen LogP contribution >= 0.6 is 63.7 Å². The fraction of sp³-hybridized carbons (Fsp3) is 0.268. The van der Waals surface area contributed by atoms with Crippen LogP contribution in [0.4, 0.5) is 23.3 Å². The van der Waals surface area contributed by atoms with Crippen molar-refractivity contribution in [2.75, 3.05) is 22.5 Å². The number of carbonyl (C=O) groups excluding carboxylic acids is 3. The lowest BCUT2D eigenvalue weighted by molar-refractivity contribution is 0.00578. The second kappa shape index (κ2) is 46.1. The molecular formula is C112H117BBr4N24O8. The second-order valence-corrected chi connectivity index (χ2v) is 44.4. The van der Waals surface area contributed by atoms with Gasteiger partial charge < -0.3 is 70.1 Å². The molecule has 764 valence electrons. The lowest BCUT2D eigenvalue weighted by Crippen LogP contribution is -2.41. The molecule has 0 spiro atoms. The van der Waals surface area contributed by atoms with Gasteiger partial charge in [0.25, 0.3) is 11.8 Å². The van der Waals surface area contributed by atoms with Crippen molar-refractivity contribution in [1.82, 2.24) is 78.4 Å². The molecule has 0 radical (unpaired) electrons. The SMILES string of the molecule is CC(C)(C)Nc1ccc(Br)cc1N.CC(C)(C)n1c(-c2ccccc2C#N)nc2cc(Br)ccc21.CC(C)(C)n1c(-c2ccccc2C(N)=NO)nc2cc(Br)ccc21.CC1(C)OB(c2cnc(N)nc2)OC1(C)C.CCC(=O)c1nc(-c2ccccc2-c2nc3cc(-c4cnc(N)nc4)ccc3n2C(C)(C)C)no1.CCC(=O)c1nc(-c2ccccc2-c2nc3cc(Br)ccc3n2C(C)(C)C)no1.N#Cc1ccccc1C=O. The molecule has 149 heavy (non-hydrogen) atoms. The maximum absolute atomic E-state index is 12.1. The summed E-state index contributed by atoms with van der Waals surface area (Å²) in [7, 11) is -0.425. The molecule has 0 unspecified atom stereocenters. The number of anilines is 4. The topological polar surface area (TPSA) is 467 Å². The maximum Gasteiger partial charge on any atom is 0.498 e. The minimum atomic E-state index is -0.425. The number of aromatic nitrogens is 16. The molecule has 9 heterocycles. The van der Waals surface area contributed by atoms with Crippen LogP contribution in [-0.2, 0) is 31.5 Å². The molecule has 1 aliphatic rings. The Bertz CT molecular complexity index is 8040. The van der Waals surface area contributed by atoms with Crippen molar-refractivity contribution >= 4 is 167 Å². The third-order valence-corrected chi connectivity index (χ3v) is 25.7. The highest BCUT2D eigenvalue weighted by Crippen LogP contribution is 2.43. The van der Waals surface area contributed by atoms with Gasteiger partial charge in [0, 0.05) is 139 Å². The van der Waals surface area contributed by atoms with Crippen LogP contribution in [0.3, 0.4) is 0 Å². The number of nitriles is 2. The van der Waals surface area contributed by atoms with Crippen molar-refractivity contribution in [3.63, 3.8) is 0 Å². The number of fused-ring (bicyclic) bond motifs is 4. The molecule has 0 bridgehead atoms. The van der Waals surface area contributed by atoms with E-state index in [1.807, 2.05) is 204 Å². The van der Waals surface area contributed by atoms with Crippen molar-refractivity contribution < 1.29 is 37.9 Å². The fourth-order valence-corrected chi connectivity index (χ4v) is 17.6. The van der Waals surface area contributed by atoms with Gasteiger partial charge in [0.05, 0.1) is 90.0 Å². The van der Waals surface area contributed by atoms with Crippen molar-refractivity contribution in [3.05, 3.63) is 289 Å². The Morgan fingerprint density at radius 3 is 1.18 bits per heavy atom. The number of halogens is 4. The summed E-state index contributed by atoms with van der Waals surface area (Å²) in [6, 6.07) is 71.7. The number of nitrogens with zero attached hydrogens (tertiary/aromatic N) is 19. The van der Waals surface area contributed by atoms with Gasteiger partial charge in [-0.25, -0.2) is 39.9 Å². The van der Waals surface area contributed by atoms with Gasteiger partial charge in [-0.3, -0.25) is 14.4 Å². The standard InChI is InChI=1S/C26H25N7O2.C22H21BrN4O2.C18H19BrN4O.C18H16BrN3.C10H16BN3O2.C10H15BrN2.C8H5NO/c1-5-21(34)24-31-22(32-35-24)17-8-6-7-9-18(17)23-30-19-12-15(16-13-28-25(27)29-14-16)10-11-20(19)33(23)26(2,3)4;1-5-18(28)21-25-19(26-29-21)14-8-6-7-9-15(14)20-24-16-12-13(23)10-11-17(16)27(20)22(2,3)4;1-18(2,3)23-15-9-8-11(19)10-14(15)21-17(23)13-7-5-4-6-12(13)16(20)22-24;1-18(2,3)22-16-9-8-13(19)10-15(16)21-17(22)14-7-5-4-6-12(14)11-20;1-9(2)10(3,4)16-11(15-9)7-5-13-8(12)14-6-7;1-10(2,3)13-9-5-4-7(11)6-8(9)12;9-5-7-3-1-2-4-8(7)6-10/h6-14H,5H2,1-4H3,(H2,27,28,29);6-12H,5H2,1-4H3;4-10,24H,1-3H3,(H2,20,22);4-10H,1-3H3;5-6H,1-4H3,(H2,12,13,14);4-6,13H,12H2,1-3H3;1-4,6H. The van der Waals surface area contributed by atoms with Gasteiger partial charge in [0.1, 0.15) is 23.3 Å². The lowest BCUT2D eigenvalue weighted by Gasteiger charge is -2.32. The van der Waals surface area contributed by atoms with Crippen LogP contribution in [0.1, 0.15) is 207 Å². The second-order valence-electron chi connectivity index (χ2n) is 40.8. The summed E-state index contributed by atoms with van der Waals surface area (Å²) in [5.74, 6) is 4.16. The summed E-state index contributed by atoms with van der Waals surface area (Å²) in [4.78, 5) is 78.6. The van der Waals surface area contributed by atoms with E-state index in [1.165, 1.54) is 0 Å². The van der Waals surface area contributed by atoms with E-state index in [4.69, 9.17) is 71.7 Å². The average Bonchev–Trinajstić information content (AvgIpc) is 1.61. The number of nitrogens with one attached hydrogen (secondary N) is 1. The highest BCUT2D eigenvalue weighted by Gasteiger charge is 2.52. The summed E-state index contributed by atoms with van der Waals surface area (Å²) >= 11 is 13.9. The summed E-state index contributed by atoms with van der Waals surface area (Å²) in [6.07, 6.45) is 7.95. The van der Waals surface area contributed by atoms with Crippen LogP contribution in [0.25, 0.3) is 124 Å². The number of imidazole rings is 4. The largest absolute Gasteiger partial charge is 0.498 e. The van der Waals surface area contributed by atoms with E-state index in [2.05, 4.69) is 261 Å². The summed E-state index contributed by atoms with van der Waals surface area (Å²) in [5, 5.41) is 41.5. The quantitative estimate of drug-likeness (QED) is 0.00811. The zero-order chi connectivity index (χ0) is 108. The molecule has 37 heteroatoms. The summed E-state index contributed by atoms with van der Waals surface area (Å²) < 4.78 is 34.9. The molecule has 8 aromatic heterocycles. The normalized spacial score (nSPS) is 12.8. The number of hydrogen-bond donors (Lipinski definition) is 6. The molecule has 1 fully saturated rings. The first-order chi connectivity index (χ1) is 70.4. The number of carbonyl (C=O) groups is 3. The number of Topliss-reactive ketones (excluding diaryl/α,β-unsaturated/α-hetero) is 2. The predicted octanol–water partition coefficient (Wildman–Crippen LogP) is 25.4. The monoisotopic (exact) mass is 2250 g/mol. The molecule has 0 aliphatic carbocycles. The van der Waals surface area contributed by atoms with E-state index in [0.717, 1.165) is 147 Å². The molecular weight excluding hydrogens is 2140 g/mol. The molecule has 0 amide bonds. The average molecular weight is 2260 g/mol. The molecule has 10 aromatic carbocycles. The van der Waals surface area contributed by atoms with E-state index >= 15 is 0 Å². The molecule has 32 nitrogen and oxygen atoms in total. The first kappa shape index (κ1) is 111.